The molecule has 15 heavy (non-hydrogen) atoms. The first-order valence-corrected chi connectivity index (χ1v) is 5.81. The molecule has 1 atom stereocenters. The molecule has 2 nitrogen and oxygen atoms in total. The molecular weight excluding hydrogens is 224 g/mol. The molecular formula is C11H10N2S2. The van der Waals surface area contributed by atoms with Crippen LogP contribution in [0.4, 0.5) is 0 Å². The Morgan fingerprint density at radius 3 is 2.73 bits per heavy atom. The van der Waals surface area contributed by atoms with Crippen LogP contribution in [0.15, 0.2) is 41.9 Å². The van der Waals surface area contributed by atoms with Crippen LogP contribution in [-0.4, -0.2) is 9.97 Å². The fourth-order valence-electron chi connectivity index (χ4n) is 1.43. The van der Waals surface area contributed by atoms with E-state index in [9.17, 15) is 0 Å². The van der Waals surface area contributed by atoms with Gasteiger partial charge in [0.15, 0.2) is 0 Å². The van der Waals surface area contributed by atoms with Gasteiger partial charge >= 0.3 is 0 Å². The van der Waals surface area contributed by atoms with Gasteiger partial charge in [0.05, 0.1) is 16.6 Å². The first kappa shape index (κ1) is 10.3. The van der Waals surface area contributed by atoms with E-state index in [4.69, 9.17) is 18.0 Å². The second kappa shape index (κ2) is 4.51. The summed E-state index contributed by atoms with van der Waals surface area (Å²) in [7, 11) is 0. The summed E-state index contributed by atoms with van der Waals surface area (Å²) in [6, 6.07) is 9.80. The monoisotopic (exact) mass is 234 g/mol. The van der Waals surface area contributed by atoms with E-state index < -0.39 is 0 Å². The van der Waals surface area contributed by atoms with Crippen LogP contribution in [-0.2, 0) is 0 Å². The summed E-state index contributed by atoms with van der Waals surface area (Å²) in [6.45, 7) is 0. The maximum atomic E-state index is 5.76. The van der Waals surface area contributed by atoms with Crippen LogP contribution >= 0.6 is 23.6 Å². The van der Waals surface area contributed by atoms with Gasteiger partial charge in [0.2, 0.25) is 0 Å². The molecule has 0 amide bonds. The molecule has 0 aliphatic carbocycles. The minimum absolute atomic E-state index is 0.0544. The van der Waals surface area contributed by atoms with Gasteiger partial charge < -0.3 is 5.73 Å². The average molecular weight is 234 g/mol. The number of hydrogen-bond acceptors (Lipinski definition) is 3. The SMILES string of the molecule is NC(=S)C(c1ccccn1)c1cccs1. The number of nitrogens with two attached hydrogens (primary N) is 1. The number of nitrogens with zero attached hydrogens (tertiary/aromatic N) is 1. The highest BCUT2D eigenvalue weighted by molar-refractivity contribution is 7.80. The molecule has 76 valence electrons. The van der Waals surface area contributed by atoms with Crippen molar-refractivity contribution in [2.45, 2.75) is 5.92 Å². The number of thiocarbonyl (C=S) groups is 1. The van der Waals surface area contributed by atoms with Crippen molar-refractivity contribution < 1.29 is 0 Å². The molecule has 2 aromatic rings. The Kier molecular flexibility index (Phi) is 3.08. The van der Waals surface area contributed by atoms with Crippen LogP contribution in [0.25, 0.3) is 0 Å². The summed E-state index contributed by atoms with van der Waals surface area (Å²) >= 11 is 6.74. The molecule has 2 rings (SSSR count). The van der Waals surface area contributed by atoms with E-state index >= 15 is 0 Å². The first-order chi connectivity index (χ1) is 7.29. The fourth-order valence-corrected chi connectivity index (χ4v) is 2.61. The maximum Gasteiger partial charge on any atom is 0.0872 e. The molecule has 1 unspecified atom stereocenters. The third kappa shape index (κ3) is 2.22. The van der Waals surface area contributed by atoms with E-state index in [1.807, 2.05) is 35.7 Å². The molecule has 2 heterocycles. The first-order valence-electron chi connectivity index (χ1n) is 4.52. The summed E-state index contributed by atoms with van der Waals surface area (Å²) in [5.41, 5.74) is 6.67. The Hall–Kier alpha value is -1.26. The van der Waals surface area contributed by atoms with E-state index in [-0.39, 0.29) is 5.92 Å². The van der Waals surface area contributed by atoms with Gasteiger partial charge in [-0.2, -0.15) is 0 Å². The van der Waals surface area contributed by atoms with Gasteiger partial charge in [-0.15, -0.1) is 11.3 Å². The third-order valence-corrected chi connectivity index (χ3v) is 3.27. The standard InChI is InChI=1S/C11H10N2S2/c12-11(14)10(9-5-3-7-15-9)8-4-1-2-6-13-8/h1-7,10H,(H2,12,14). The Morgan fingerprint density at radius 2 is 2.20 bits per heavy atom. The van der Waals surface area contributed by atoms with Crippen LogP contribution in [0, 0.1) is 0 Å². The Labute approximate surface area is 97.8 Å². The highest BCUT2D eigenvalue weighted by Crippen LogP contribution is 2.26. The Balaban J connectivity index is 2.42. The van der Waals surface area contributed by atoms with Gasteiger partial charge in [-0.1, -0.05) is 24.4 Å². The normalized spacial score (nSPS) is 12.3. The second-order valence-electron chi connectivity index (χ2n) is 3.11. The van der Waals surface area contributed by atoms with Gasteiger partial charge in [0.1, 0.15) is 0 Å². The van der Waals surface area contributed by atoms with Crippen LogP contribution < -0.4 is 5.73 Å². The summed E-state index contributed by atoms with van der Waals surface area (Å²) in [5.74, 6) is -0.0544. The summed E-state index contributed by atoms with van der Waals surface area (Å²) in [6.07, 6.45) is 1.76. The van der Waals surface area contributed by atoms with Crippen molar-refractivity contribution in [3.63, 3.8) is 0 Å². The lowest BCUT2D eigenvalue weighted by molar-refractivity contribution is 1.02. The van der Waals surface area contributed by atoms with Crippen LogP contribution in [0.3, 0.4) is 0 Å². The van der Waals surface area contributed by atoms with E-state index in [1.54, 1.807) is 17.5 Å². The summed E-state index contributed by atoms with van der Waals surface area (Å²) < 4.78 is 0. The van der Waals surface area contributed by atoms with Gasteiger partial charge in [0, 0.05) is 11.1 Å². The molecule has 2 N–H and O–H groups in total. The van der Waals surface area contributed by atoms with E-state index in [2.05, 4.69) is 4.98 Å². The lowest BCUT2D eigenvalue weighted by atomic mass is 10.0. The highest BCUT2D eigenvalue weighted by Gasteiger charge is 2.18. The predicted molar refractivity (Wildman–Crippen MR) is 67.2 cm³/mol. The average Bonchev–Trinajstić information content (AvgIpc) is 2.72. The molecule has 0 bridgehead atoms. The molecule has 0 aliphatic rings. The highest BCUT2D eigenvalue weighted by atomic mass is 32.1. The molecule has 0 saturated carbocycles. The van der Waals surface area contributed by atoms with Crippen LogP contribution in [0.2, 0.25) is 0 Å². The van der Waals surface area contributed by atoms with Gasteiger partial charge in [-0.25, -0.2) is 0 Å². The van der Waals surface area contributed by atoms with Crippen molar-refractivity contribution in [2.75, 3.05) is 0 Å². The molecule has 2 aromatic heterocycles. The van der Waals surface area contributed by atoms with Crippen molar-refractivity contribution in [1.82, 2.24) is 4.98 Å². The Morgan fingerprint density at radius 1 is 1.33 bits per heavy atom. The summed E-state index contributed by atoms with van der Waals surface area (Å²) in [5, 5.41) is 2.02. The molecule has 0 spiro atoms. The quantitative estimate of drug-likeness (QED) is 0.830. The number of thiophene rings is 1. The number of pyridine rings is 1. The van der Waals surface area contributed by atoms with Crippen LogP contribution in [0.1, 0.15) is 16.5 Å². The fraction of sp³-hybridized carbons (Fsp3) is 0.0909. The number of aromatic nitrogens is 1. The van der Waals surface area contributed by atoms with Gasteiger partial charge in [-0.3, -0.25) is 4.98 Å². The number of rotatable bonds is 3. The zero-order chi connectivity index (χ0) is 10.7. The van der Waals surface area contributed by atoms with Gasteiger partial charge in [0.25, 0.3) is 0 Å². The Bertz CT molecular complexity index is 437. The molecule has 0 radical (unpaired) electrons. The van der Waals surface area contributed by atoms with E-state index in [0.717, 1.165) is 10.6 Å². The second-order valence-corrected chi connectivity index (χ2v) is 4.56. The van der Waals surface area contributed by atoms with Crippen molar-refractivity contribution in [3.8, 4) is 0 Å². The van der Waals surface area contributed by atoms with Crippen molar-refractivity contribution in [2.24, 2.45) is 5.73 Å². The third-order valence-electron chi connectivity index (χ3n) is 2.10. The van der Waals surface area contributed by atoms with Crippen molar-refractivity contribution in [3.05, 3.63) is 52.5 Å². The molecule has 0 aromatic carbocycles. The predicted octanol–water partition coefficient (Wildman–Crippen LogP) is 2.56. The maximum absolute atomic E-state index is 5.76. The molecule has 0 aliphatic heterocycles. The minimum atomic E-state index is -0.0544. The lowest BCUT2D eigenvalue weighted by Crippen LogP contribution is -2.20. The largest absolute Gasteiger partial charge is 0.392 e. The molecule has 0 fully saturated rings. The smallest absolute Gasteiger partial charge is 0.0872 e. The zero-order valence-electron chi connectivity index (χ0n) is 7.96. The van der Waals surface area contributed by atoms with E-state index in [1.165, 1.54) is 0 Å². The molecule has 0 saturated heterocycles. The zero-order valence-corrected chi connectivity index (χ0v) is 9.59. The van der Waals surface area contributed by atoms with Gasteiger partial charge in [-0.05, 0) is 23.6 Å². The molecule has 4 heteroatoms. The minimum Gasteiger partial charge on any atom is -0.392 e. The van der Waals surface area contributed by atoms with Crippen molar-refractivity contribution in [1.29, 1.82) is 0 Å². The lowest BCUT2D eigenvalue weighted by Gasteiger charge is -2.12. The topological polar surface area (TPSA) is 38.9 Å². The van der Waals surface area contributed by atoms with E-state index in [0.29, 0.717) is 4.99 Å². The van der Waals surface area contributed by atoms with Crippen molar-refractivity contribution >= 4 is 28.5 Å². The van der Waals surface area contributed by atoms with Crippen LogP contribution in [0.5, 0.6) is 0 Å². The number of hydrogen-bond donors (Lipinski definition) is 1. The summed E-state index contributed by atoms with van der Waals surface area (Å²) in [4.78, 5) is 5.90.